The second-order valence-electron chi connectivity index (χ2n) is 3.44. The lowest BCUT2D eigenvalue weighted by Crippen LogP contribution is -2.07. The number of hydrogen-bond acceptors (Lipinski definition) is 2. The largest absolute Gasteiger partial charge is 0.506 e. The third-order valence-corrected chi connectivity index (χ3v) is 2.84. The van der Waals surface area contributed by atoms with Gasteiger partial charge in [0, 0.05) is 0 Å². The van der Waals surface area contributed by atoms with Crippen molar-refractivity contribution < 1.29 is 9.90 Å². The summed E-state index contributed by atoms with van der Waals surface area (Å²) in [5, 5.41) is 9.49. The highest BCUT2D eigenvalue weighted by Gasteiger charge is 2.44. The summed E-state index contributed by atoms with van der Waals surface area (Å²) in [7, 11) is 0. The molecule has 1 fully saturated rings. The van der Waals surface area contributed by atoms with Crippen LogP contribution in [0.2, 0.25) is 5.02 Å². The topological polar surface area (TPSA) is 37.3 Å². The highest BCUT2D eigenvalue weighted by molar-refractivity contribution is 6.32. The molecule has 0 aromatic heterocycles. The Morgan fingerprint density at radius 1 is 1.46 bits per heavy atom. The van der Waals surface area contributed by atoms with Crippen LogP contribution in [0.25, 0.3) is 0 Å². The minimum Gasteiger partial charge on any atom is -0.506 e. The molecule has 0 spiro atoms. The molecular formula is C10H9ClO2. The molecule has 1 N–H and O–H groups in total. The van der Waals surface area contributed by atoms with E-state index in [1.165, 1.54) is 6.07 Å². The summed E-state index contributed by atoms with van der Waals surface area (Å²) >= 11 is 5.74. The molecule has 0 saturated heterocycles. The van der Waals surface area contributed by atoms with Crippen LogP contribution in [0.5, 0.6) is 5.75 Å². The van der Waals surface area contributed by atoms with Gasteiger partial charge in [0.2, 0.25) is 0 Å². The van der Waals surface area contributed by atoms with Crippen molar-refractivity contribution in [3.63, 3.8) is 0 Å². The molecule has 1 aliphatic rings. The van der Waals surface area contributed by atoms with Crippen LogP contribution in [0.1, 0.15) is 18.4 Å². The first-order valence-electron chi connectivity index (χ1n) is 4.13. The fourth-order valence-electron chi connectivity index (χ4n) is 1.43. The number of aromatic hydroxyl groups is 1. The zero-order chi connectivity index (χ0) is 9.47. The Balaban J connectivity index is 2.42. The third-order valence-electron chi connectivity index (χ3n) is 2.54. The smallest absolute Gasteiger partial charge is 0.134 e. The SMILES string of the molecule is O=CC1(c2ccc(O)c(Cl)c2)CC1. The molecule has 0 heterocycles. The molecule has 1 aromatic carbocycles. The van der Waals surface area contributed by atoms with E-state index >= 15 is 0 Å². The molecule has 1 aliphatic carbocycles. The molecule has 3 heteroatoms. The zero-order valence-corrected chi connectivity index (χ0v) is 7.71. The van der Waals surface area contributed by atoms with Crippen molar-refractivity contribution in [1.29, 1.82) is 0 Å². The quantitative estimate of drug-likeness (QED) is 0.737. The van der Waals surface area contributed by atoms with Gasteiger partial charge in [0.05, 0.1) is 10.4 Å². The summed E-state index contributed by atoms with van der Waals surface area (Å²) in [4.78, 5) is 10.8. The second kappa shape index (κ2) is 2.74. The van der Waals surface area contributed by atoms with E-state index in [-0.39, 0.29) is 11.2 Å². The molecule has 0 atom stereocenters. The molecule has 1 saturated carbocycles. The maximum atomic E-state index is 10.8. The van der Waals surface area contributed by atoms with Crippen molar-refractivity contribution in [3.8, 4) is 5.75 Å². The summed E-state index contributed by atoms with van der Waals surface area (Å²) < 4.78 is 0. The van der Waals surface area contributed by atoms with Gasteiger partial charge in [0.15, 0.2) is 0 Å². The third kappa shape index (κ3) is 1.31. The summed E-state index contributed by atoms with van der Waals surface area (Å²) in [6.45, 7) is 0. The van der Waals surface area contributed by atoms with Gasteiger partial charge in [-0.05, 0) is 30.5 Å². The minimum atomic E-state index is -0.308. The number of rotatable bonds is 2. The highest BCUT2D eigenvalue weighted by Crippen LogP contribution is 2.47. The Kier molecular flexibility index (Phi) is 1.81. The number of carbonyl (C=O) groups excluding carboxylic acids is 1. The van der Waals surface area contributed by atoms with Gasteiger partial charge in [0.25, 0.3) is 0 Å². The molecule has 13 heavy (non-hydrogen) atoms. The lowest BCUT2D eigenvalue weighted by atomic mass is 9.98. The van der Waals surface area contributed by atoms with Crippen LogP contribution in [-0.2, 0) is 10.2 Å². The van der Waals surface area contributed by atoms with Crippen molar-refractivity contribution >= 4 is 17.9 Å². The van der Waals surface area contributed by atoms with Gasteiger partial charge in [-0.15, -0.1) is 0 Å². The molecule has 1 aromatic rings. The molecule has 2 rings (SSSR count). The van der Waals surface area contributed by atoms with Crippen LogP contribution in [0.4, 0.5) is 0 Å². The van der Waals surface area contributed by atoms with Crippen molar-refractivity contribution in [2.45, 2.75) is 18.3 Å². The Labute approximate surface area is 81.1 Å². The Morgan fingerprint density at radius 3 is 2.62 bits per heavy atom. The first-order valence-corrected chi connectivity index (χ1v) is 4.51. The van der Waals surface area contributed by atoms with Crippen LogP contribution >= 0.6 is 11.6 Å². The predicted molar refractivity (Wildman–Crippen MR) is 50.1 cm³/mol. The monoisotopic (exact) mass is 196 g/mol. The lowest BCUT2D eigenvalue weighted by molar-refractivity contribution is -0.109. The van der Waals surface area contributed by atoms with E-state index in [9.17, 15) is 9.90 Å². The highest BCUT2D eigenvalue weighted by atomic mass is 35.5. The summed E-state index contributed by atoms with van der Waals surface area (Å²) in [5.74, 6) is 0.0621. The van der Waals surface area contributed by atoms with E-state index in [0.717, 1.165) is 24.7 Å². The van der Waals surface area contributed by atoms with Crippen LogP contribution in [-0.4, -0.2) is 11.4 Å². The van der Waals surface area contributed by atoms with Gasteiger partial charge in [-0.3, -0.25) is 0 Å². The second-order valence-corrected chi connectivity index (χ2v) is 3.85. The minimum absolute atomic E-state index is 0.0621. The molecule has 0 aliphatic heterocycles. The van der Waals surface area contributed by atoms with Crippen LogP contribution < -0.4 is 0 Å². The average molecular weight is 197 g/mol. The van der Waals surface area contributed by atoms with E-state index in [1.807, 2.05) is 0 Å². The van der Waals surface area contributed by atoms with Gasteiger partial charge in [-0.2, -0.15) is 0 Å². The first kappa shape index (κ1) is 8.57. The van der Waals surface area contributed by atoms with E-state index in [0.29, 0.717) is 5.02 Å². The molecular weight excluding hydrogens is 188 g/mol. The number of phenolic OH excluding ortho intramolecular Hbond substituents is 1. The molecule has 0 amide bonds. The van der Waals surface area contributed by atoms with E-state index in [1.54, 1.807) is 12.1 Å². The van der Waals surface area contributed by atoms with Crippen molar-refractivity contribution in [2.24, 2.45) is 0 Å². The van der Waals surface area contributed by atoms with Gasteiger partial charge in [-0.1, -0.05) is 17.7 Å². The van der Waals surface area contributed by atoms with Crippen LogP contribution in [0.15, 0.2) is 18.2 Å². The van der Waals surface area contributed by atoms with Crippen molar-refractivity contribution in [3.05, 3.63) is 28.8 Å². The number of aldehydes is 1. The maximum absolute atomic E-state index is 10.8. The Hall–Kier alpha value is -1.02. The van der Waals surface area contributed by atoms with Gasteiger partial charge in [0.1, 0.15) is 12.0 Å². The Bertz CT molecular complexity index is 356. The standard InChI is InChI=1S/C10H9ClO2/c11-8-5-7(1-2-9(8)13)10(6-12)3-4-10/h1-2,5-6,13H,3-4H2. The van der Waals surface area contributed by atoms with E-state index in [2.05, 4.69) is 0 Å². The lowest BCUT2D eigenvalue weighted by Gasteiger charge is -2.07. The fraction of sp³-hybridized carbons (Fsp3) is 0.300. The van der Waals surface area contributed by atoms with Crippen LogP contribution in [0.3, 0.4) is 0 Å². The van der Waals surface area contributed by atoms with Crippen LogP contribution in [0, 0.1) is 0 Å². The average Bonchev–Trinajstić information content (AvgIpc) is 2.90. The number of halogens is 1. The molecule has 68 valence electrons. The number of benzene rings is 1. The summed E-state index contributed by atoms with van der Waals surface area (Å²) in [6.07, 6.45) is 2.74. The van der Waals surface area contributed by atoms with Crippen molar-refractivity contribution in [2.75, 3.05) is 0 Å². The Morgan fingerprint density at radius 2 is 2.15 bits per heavy atom. The summed E-state index contributed by atoms with van der Waals surface area (Å²) in [6, 6.07) is 4.95. The fourth-order valence-corrected chi connectivity index (χ4v) is 1.61. The summed E-state index contributed by atoms with van der Waals surface area (Å²) in [5.41, 5.74) is 0.599. The van der Waals surface area contributed by atoms with E-state index in [4.69, 9.17) is 11.6 Å². The number of phenols is 1. The predicted octanol–water partition coefficient (Wildman–Crippen LogP) is 2.28. The molecule has 0 radical (unpaired) electrons. The zero-order valence-electron chi connectivity index (χ0n) is 6.96. The first-order chi connectivity index (χ1) is 6.18. The maximum Gasteiger partial charge on any atom is 0.134 e. The van der Waals surface area contributed by atoms with Crippen molar-refractivity contribution in [1.82, 2.24) is 0 Å². The van der Waals surface area contributed by atoms with Gasteiger partial charge >= 0.3 is 0 Å². The molecule has 0 unspecified atom stereocenters. The molecule has 2 nitrogen and oxygen atoms in total. The molecule has 0 bridgehead atoms. The normalized spacial score (nSPS) is 18.2. The van der Waals surface area contributed by atoms with E-state index < -0.39 is 0 Å². The number of carbonyl (C=O) groups is 1. The number of hydrogen-bond donors (Lipinski definition) is 1. The van der Waals surface area contributed by atoms with Gasteiger partial charge in [-0.25, -0.2) is 0 Å². The van der Waals surface area contributed by atoms with Gasteiger partial charge < -0.3 is 9.90 Å².